The minimum Gasteiger partial charge on any atom is -0.469 e. The van der Waals surface area contributed by atoms with Crippen molar-refractivity contribution in [1.29, 1.82) is 0 Å². The van der Waals surface area contributed by atoms with Crippen molar-refractivity contribution in [1.82, 2.24) is 5.01 Å². The number of fused-ring (bicyclic) bond motifs is 3. The molecule has 0 unspecified atom stereocenters. The number of Topliss-reactive ketones (excluding diaryl/α,β-unsaturated/α-hetero) is 1. The Hall–Kier alpha value is -3.74. The van der Waals surface area contributed by atoms with Gasteiger partial charge in [0, 0.05) is 16.1 Å². The molecule has 144 valence electrons. The minimum absolute atomic E-state index is 0.210. The van der Waals surface area contributed by atoms with Crippen molar-refractivity contribution in [2.24, 2.45) is 5.10 Å². The van der Waals surface area contributed by atoms with Gasteiger partial charge in [-0.05, 0) is 17.7 Å². The summed E-state index contributed by atoms with van der Waals surface area (Å²) in [6.07, 6.45) is 3.14. The summed E-state index contributed by atoms with van der Waals surface area (Å²) < 4.78 is 5.57. The van der Waals surface area contributed by atoms with Crippen LogP contribution in [0.15, 0.2) is 82.5 Å². The number of rotatable bonds is 4. The second-order valence-electron chi connectivity index (χ2n) is 7.19. The Kier molecular flexibility index (Phi) is 4.01. The van der Waals surface area contributed by atoms with Gasteiger partial charge >= 0.3 is 0 Å². The lowest BCUT2D eigenvalue weighted by Crippen LogP contribution is -2.38. The monoisotopic (exact) mass is 387 g/mol. The fraction of sp³-hybridized carbons (Fsp3) is 0.182. The van der Waals surface area contributed by atoms with E-state index in [2.05, 4.69) is 5.10 Å². The first-order chi connectivity index (χ1) is 14.2. The van der Waals surface area contributed by atoms with Gasteiger partial charge in [-0.1, -0.05) is 54.6 Å². The van der Waals surface area contributed by atoms with Gasteiger partial charge in [-0.2, -0.15) is 5.10 Å². The highest BCUT2D eigenvalue weighted by Gasteiger charge is 2.61. The zero-order chi connectivity index (χ0) is 20.0. The summed E-state index contributed by atoms with van der Waals surface area (Å²) in [6.45, 7) is 0. The first kappa shape index (κ1) is 17.4. The first-order valence-corrected chi connectivity index (χ1v) is 9.34. The normalized spacial score (nSPS) is 24.8. The van der Waals surface area contributed by atoms with E-state index in [-0.39, 0.29) is 10.7 Å². The maximum atomic E-state index is 13.5. The molecule has 0 bridgehead atoms. The third-order valence-electron chi connectivity index (χ3n) is 5.69. The number of furan rings is 1. The Morgan fingerprint density at radius 1 is 1.03 bits per heavy atom. The van der Waals surface area contributed by atoms with E-state index in [4.69, 9.17) is 4.42 Å². The van der Waals surface area contributed by atoms with Crippen molar-refractivity contribution in [2.45, 2.75) is 24.0 Å². The van der Waals surface area contributed by atoms with Gasteiger partial charge in [-0.3, -0.25) is 19.9 Å². The van der Waals surface area contributed by atoms with E-state index in [9.17, 15) is 14.9 Å². The Morgan fingerprint density at radius 2 is 1.79 bits per heavy atom. The van der Waals surface area contributed by atoms with Crippen LogP contribution in [0.5, 0.6) is 0 Å². The van der Waals surface area contributed by atoms with Gasteiger partial charge in [-0.15, -0.1) is 0 Å². The van der Waals surface area contributed by atoms with Crippen molar-refractivity contribution in [3.8, 4) is 0 Å². The molecule has 3 aromatic rings. The number of nitro groups is 1. The lowest BCUT2D eigenvalue weighted by atomic mass is 9.85. The van der Waals surface area contributed by atoms with E-state index in [0.29, 0.717) is 11.3 Å². The molecule has 4 atom stereocenters. The average Bonchev–Trinajstić information content (AvgIpc) is 3.39. The Morgan fingerprint density at radius 3 is 2.52 bits per heavy atom. The van der Waals surface area contributed by atoms with Crippen molar-refractivity contribution in [3.05, 3.63) is 106 Å². The molecule has 2 aliphatic rings. The molecule has 5 rings (SSSR count). The van der Waals surface area contributed by atoms with Crippen molar-refractivity contribution in [2.75, 3.05) is 0 Å². The fourth-order valence-corrected chi connectivity index (χ4v) is 4.48. The van der Waals surface area contributed by atoms with E-state index in [1.165, 1.54) is 6.26 Å². The van der Waals surface area contributed by atoms with Gasteiger partial charge in [0.2, 0.25) is 0 Å². The van der Waals surface area contributed by atoms with Gasteiger partial charge in [0.25, 0.3) is 6.04 Å². The van der Waals surface area contributed by atoms with Crippen LogP contribution in [0.3, 0.4) is 0 Å². The van der Waals surface area contributed by atoms with Crippen LogP contribution in [0, 0.1) is 10.1 Å². The number of hydrazone groups is 1. The summed E-state index contributed by atoms with van der Waals surface area (Å²) in [4.78, 5) is 25.5. The summed E-state index contributed by atoms with van der Waals surface area (Å²) in [6, 6.07) is 17.1. The zero-order valence-electron chi connectivity index (χ0n) is 15.3. The molecule has 0 spiro atoms. The Labute approximate surface area is 166 Å². The molecule has 0 radical (unpaired) electrons. The maximum absolute atomic E-state index is 13.5. The number of carbonyl (C=O) groups is 1. The summed E-state index contributed by atoms with van der Waals surface area (Å²) in [5.41, 5.74) is 2.11. The zero-order valence-corrected chi connectivity index (χ0v) is 15.3. The molecule has 29 heavy (non-hydrogen) atoms. The van der Waals surface area contributed by atoms with Crippen LogP contribution in [0.4, 0.5) is 0 Å². The molecule has 1 saturated heterocycles. The third-order valence-corrected chi connectivity index (χ3v) is 5.69. The molecule has 1 fully saturated rings. The summed E-state index contributed by atoms with van der Waals surface area (Å²) in [5, 5.41) is 18.3. The van der Waals surface area contributed by atoms with E-state index in [0.717, 1.165) is 11.1 Å². The number of benzene rings is 2. The predicted molar refractivity (Wildman–Crippen MR) is 105 cm³/mol. The Balaban J connectivity index is 1.70. The lowest BCUT2D eigenvalue weighted by molar-refractivity contribution is -0.529. The molecule has 0 saturated carbocycles. The van der Waals surface area contributed by atoms with Crippen LogP contribution in [0.25, 0.3) is 0 Å². The molecule has 3 heterocycles. The molecule has 2 aliphatic heterocycles. The molecule has 0 aliphatic carbocycles. The molecular weight excluding hydrogens is 370 g/mol. The standard InChI is InChI=1S/C22H17N3O4/c26-22(14-7-2-1-3-8-14)21-18(17-11-6-12-29-17)20(25(27)28)19-16-10-5-4-9-15(16)13-23-24(19)21/h1-13,18-21H/t18-,19+,20+,21-/m0/s1. The third kappa shape index (κ3) is 2.66. The van der Waals surface area contributed by atoms with Gasteiger partial charge in [0.15, 0.2) is 5.78 Å². The van der Waals surface area contributed by atoms with Crippen LogP contribution in [-0.4, -0.2) is 34.0 Å². The van der Waals surface area contributed by atoms with Crippen LogP contribution >= 0.6 is 0 Å². The van der Waals surface area contributed by atoms with Crippen LogP contribution < -0.4 is 0 Å². The minimum atomic E-state index is -1.07. The summed E-state index contributed by atoms with van der Waals surface area (Å²) in [7, 11) is 0. The lowest BCUT2D eigenvalue weighted by Gasteiger charge is -2.30. The summed E-state index contributed by atoms with van der Waals surface area (Å²) in [5.74, 6) is -0.554. The van der Waals surface area contributed by atoms with Gasteiger partial charge in [0.1, 0.15) is 23.8 Å². The van der Waals surface area contributed by atoms with E-state index in [1.807, 2.05) is 30.3 Å². The molecule has 0 amide bonds. The van der Waals surface area contributed by atoms with Gasteiger partial charge in [-0.25, -0.2) is 0 Å². The highest BCUT2D eigenvalue weighted by molar-refractivity contribution is 6.01. The first-order valence-electron chi connectivity index (χ1n) is 9.34. The number of hydrogen-bond acceptors (Lipinski definition) is 6. The second kappa shape index (κ2) is 6.70. The summed E-state index contributed by atoms with van der Waals surface area (Å²) >= 11 is 0. The van der Waals surface area contributed by atoms with Gasteiger partial charge < -0.3 is 4.42 Å². The van der Waals surface area contributed by atoms with Crippen LogP contribution in [0.2, 0.25) is 0 Å². The quantitative estimate of drug-likeness (QED) is 0.387. The average molecular weight is 387 g/mol. The number of carbonyl (C=O) groups excluding carboxylic acids is 1. The SMILES string of the molecule is O=C(c1ccccc1)[C@@H]1[C@@H](c2ccco2)[C@@H]([N+](=O)[O-])[C@H]2c3ccccc3C=NN12. The molecule has 0 N–H and O–H groups in total. The van der Waals surface area contributed by atoms with Gasteiger partial charge in [0.05, 0.1) is 12.5 Å². The van der Waals surface area contributed by atoms with Crippen LogP contribution in [-0.2, 0) is 0 Å². The fourth-order valence-electron chi connectivity index (χ4n) is 4.48. The van der Waals surface area contributed by atoms with Crippen molar-refractivity contribution >= 4 is 12.0 Å². The number of hydrogen-bond donors (Lipinski definition) is 0. The van der Waals surface area contributed by atoms with Crippen LogP contribution in [0.1, 0.15) is 39.2 Å². The topological polar surface area (TPSA) is 88.9 Å². The highest BCUT2D eigenvalue weighted by Crippen LogP contribution is 2.49. The van der Waals surface area contributed by atoms with E-state index in [1.54, 1.807) is 47.6 Å². The van der Waals surface area contributed by atoms with Crippen molar-refractivity contribution in [3.63, 3.8) is 0 Å². The molecule has 1 aromatic heterocycles. The van der Waals surface area contributed by atoms with E-state index >= 15 is 0 Å². The molecular formula is C22H17N3O4. The van der Waals surface area contributed by atoms with E-state index < -0.39 is 24.0 Å². The molecule has 7 nitrogen and oxygen atoms in total. The molecule has 7 heteroatoms. The Bertz CT molecular complexity index is 1090. The number of ketones is 1. The molecule has 2 aromatic carbocycles. The highest BCUT2D eigenvalue weighted by atomic mass is 16.6. The number of nitrogens with zero attached hydrogens (tertiary/aromatic N) is 3. The maximum Gasteiger partial charge on any atom is 0.251 e. The van der Waals surface area contributed by atoms with Crippen molar-refractivity contribution < 1.29 is 14.1 Å². The second-order valence-corrected chi connectivity index (χ2v) is 7.19. The smallest absolute Gasteiger partial charge is 0.251 e. The largest absolute Gasteiger partial charge is 0.469 e. The predicted octanol–water partition coefficient (Wildman–Crippen LogP) is 3.66.